The highest BCUT2D eigenvalue weighted by Gasteiger charge is 2.35. The molecule has 0 saturated carbocycles. The lowest BCUT2D eigenvalue weighted by molar-refractivity contribution is 0.0343. The lowest BCUT2D eigenvalue weighted by atomic mass is 9.75. The Morgan fingerprint density at radius 1 is 1.28 bits per heavy atom. The second-order valence-corrected chi connectivity index (χ2v) is 8.45. The van der Waals surface area contributed by atoms with Gasteiger partial charge in [0.1, 0.15) is 16.9 Å². The van der Waals surface area contributed by atoms with Crippen molar-refractivity contribution in [3.05, 3.63) is 23.8 Å². The standard InChI is InChI=1S/C18H26BFN2O3/c1-11(2)22-14-8-12(19-24-9-17(3,4)10-25-19)7-13(20)15(14)21-16(22)18(5,6)23/h7-8,11,23H,9-10H2,1-6H3. The maximum Gasteiger partial charge on any atom is 0.494 e. The molecule has 3 rings (SSSR count). The summed E-state index contributed by atoms with van der Waals surface area (Å²) < 4.78 is 28.2. The van der Waals surface area contributed by atoms with Crippen molar-refractivity contribution in [1.82, 2.24) is 9.55 Å². The fourth-order valence-electron chi connectivity index (χ4n) is 3.15. The topological polar surface area (TPSA) is 56.5 Å². The summed E-state index contributed by atoms with van der Waals surface area (Å²) in [5.41, 5.74) is 0.305. The van der Waals surface area contributed by atoms with Crippen molar-refractivity contribution in [1.29, 1.82) is 0 Å². The van der Waals surface area contributed by atoms with Crippen molar-refractivity contribution in [2.75, 3.05) is 13.2 Å². The Morgan fingerprint density at radius 3 is 2.40 bits per heavy atom. The van der Waals surface area contributed by atoms with Crippen LogP contribution >= 0.6 is 0 Å². The Bertz CT molecular complexity index is 786. The quantitative estimate of drug-likeness (QED) is 0.867. The molecule has 1 aromatic carbocycles. The van der Waals surface area contributed by atoms with Gasteiger partial charge in [0.25, 0.3) is 0 Å². The van der Waals surface area contributed by atoms with E-state index in [1.807, 2.05) is 24.5 Å². The minimum absolute atomic E-state index is 0.0215. The van der Waals surface area contributed by atoms with Crippen molar-refractivity contribution in [2.45, 2.75) is 53.2 Å². The second-order valence-electron chi connectivity index (χ2n) is 8.45. The minimum Gasteiger partial charge on any atom is -0.407 e. The number of aromatic nitrogens is 2. The molecule has 2 aromatic rings. The van der Waals surface area contributed by atoms with E-state index in [4.69, 9.17) is 9.31 Å². The molecule has 7 heteroatoms. The Balaban J connectivity index is 2.11. The highest BCUT2D eigenvalue weighted by atomic mass is 19.1. The molecule has 0 atom stereocenters. The Morgan fingerprint density at radius 2 is 1.88 bits per heavy atom. The lowest BCUT2D eigenvalue weighted by Gasteiger charge is -2.33. The number of imidazole rings is 1. The van der Waals surface area contributed by atoms with Crippen molar-refractivity contribution in [3.63, 3.8) is 0 Å². The van der Waals surface area contributed by atoms with Crippen molar-refractivity contribution < 1.29 is 18.8 Å². The normalized spacial score (nSPS) is 18.4. The van der Waals surface area contributed by atoms with Crippen LogP contribution < -0.4 is 5.46 Å². The van der Waals surface area contributed by atoms with E-state index in [1.54, 1.807) is 13.8 Å². The van der Waals surface area contributed by atoms with E-state index in [1.165, 1.54) is 6.07 Å². The summed E-state index contributed by atoms with van der Waals surface area (Å²) in [6, 6.07) is 3.29. The molecule has 1 N–H and O–H groups in total. The van der Waals surface area contributed by atoms with Crippen LogP contribution in [0, 0.1) is 11.2 Å². The molecule has 25 heavy (non-hydrogen) atoms. The van der Waals surface area contributed by atoms with E-state index in [0.29, 0.717) is 30.0 Å². The van der Waals surface area contributed by atoms with Crippen LogP contribution in [0.1, 0.15) is 53.4 Å². The first kappa shape index (κ1) is 18.4. The van der Waals surface area contributed by atoms with Crippen LogP contribution in [0.4, 0.5) is 4.39 Å². The van der Waals surface area contributed by atoms with Gasteiger partial charge in [-0.25, -0.2) is 9.37 Å². The maximum absolute atomic E-state index is 14.7. The fourth-order valence-corrected chi connectivity index (χ4v) is 3.15. The van der Waals surface area contributed by atoms with Gasteiger partial charge in [0.2, 0.25) is 0 Å². The van der Waals surface area contributed by atoms with E-state index < -0.39 is 18.5 Å². The van der Waals surface area contributed by atoms with Crippen LogP contribution in [-0.2, 0) is 14.9 Å². The first-order valence-electron chi connectivity index (χ1n) is 8.67. The van der Waals surface area contributed by atoms with Gasteiger partial charge < -0.3 is 19.0 Å². The van der Waals surface area contributed by atoms with Gasteiger partial charge in [-0.05, 0) is 45.3 Å². The summed E-state index contributed by atoms with van der Waals surface area (Å²) >= 11 is 0. The third kappa shape index (κ3) is 3.45. The molecule has 1 aromatic heterocycles. The van der Waals surface area contributed by atoms with Gasteiger partial charge in [0.15, 0.2) is 5.82 Å². The fraction of sp³-hybridized carbons (Fsp3) is 0.611. The largest absolute Gasteiger partial charge is 0.494 e. The third-order valence-corrected chi connectivity index (χ3v) is 4.36. The lowest BCUT2D eigenvalue weighted by Crippen LogP contribution is -2.47. The van der Waals surface area contributed by atoms with Crippen LogP contribution in [-0.4, -0.2) is 35.0 Å². The predicted molar refractivity (Wildman–Crippen MR) is 96.4 cm³/mol. The van der Waals surface area contributed by atoms with Gasteiger partial charge in [-0.15, -0.1) is 0 Å². The second kappa shape index (κ2) is 6.07. The van der Waals surface area contributed by atoms with Crippen LogP contribution in [0.3, 0.4) is 0 Å². The number of nitrogens with zero attached hydrogens (tertiary/aromatic N) is 2. The Kier molecular flexibility index (Phi) is 4.46. The number of rotatable bonds is 3. The first-order chi connectivity index (χ1) is 11.5. The highest BCUT2D eigenvalue weighted by molar-refractivity contribution is 6.61. The average Bonchev–Trinajstić information content (AvgIpc) is 2.87. The number of fused-ring (bicyclic) bond motifs is 1. The van der Waals surface area contributed by atoms with Crippen LogP contribution in [0.2, 0.25) is 0 Å². The van der Waals surface area contributed by atoms with E-state index in [9.17, 15) is 9.50 Å². The van der Waals surface area contributed by atoms with Gasteiger partial charge in [-0.3, -0.25) is 0 Å². The Labute approximate surface area is 148 Å². The molecule has 0 amide bonds. The predicted octanol–water partition coefficient (Wildman–Crippen LogP) is 2.75. The Hall–Kier alpha value is -1.44. The molecule has 0 bridgehead atoms. The van der Waals surface area contributed by atoms with E-state index >= 15 is 0 Å². The number of benzene rings is 1. The molecule has 0 radical (unpaired) electrons. The van der Waals surface area contributed by atoms with Gasteiger partial charge in [-0.2, -0.15) is 0 Å². The molecule has 136 valence electrons. The summed E-state index contributed by atoms with van der Waals surface area (Å²) in [4.78, 5) is 4.37. The summed E-state index contributed by atoms with van der Waals surface area (Å²) in [6.07, 6.45) is 0. The molecule has 2 heterocycles. The minimum atomic E-state index is -1.17. The maximum atomic E-state index is 14.7. The van der Waals surface area contributed by atoms with Crippen molar-refractivity contribution >= 4 is 23.6 Å². The SMILES string of the molecule is CC(C)n1c(C(C)(C)O)nc2c(F)cc(B3OCC(C)(C)CO3)cc21. The van der Waals surface area contributed by atoms with Gasteiger partial charge in [-0.1, -0.05) is 13.8 Å². The summed E-state index contributed by atoms with van der Waals surface area (Å²) in [5, 5.41) is 10.4. The van der Waals surface area contributed by atoms with Gasteiger partial charge in [0.05, 0.1) is 5.52 Å². The van der Waals surface area contributed by atoms with Crippen LogP contribution in [0.25, 0.3) is 11.0 Å². The summed E-state index contributed by atoms with van der Waals surface area (Å²) in [5.74, 6) is 0.00889. The third-order valence-electron chi connectivity index (χ3n) is 4.36. The van der Waals surface area contributed by atoms with Crippen LogP contribution in [0.15, 0.2) is 12.1 Å². The zero-order valence-corrected chi connectivity index (χ0v) is 15.8. The number of hydrogen-bond acceptors (Lipinski definition) is 4. The van der Waals surface area contributed by atoms with Crippen molar-refractivity contribution in [2.24, 2.45) is 5.41 Å². The molecule has 1 saturated heterocycles. The molecule has 1 fully saturated rings. The molecule has 5 nitrogen and oxygen atoms in total. The molecular formula is C18H26BFN2O3. The smallest absolute Gasteiger partial charge is 0.407 e. The molecule has 1 aliphatic heterocycles. The molecule has 1 aliphatic rings. The van der Waals surface area contributed by atoms with Crippen molar-refractivity contribution in [3.8, 4) is 0 Å². The van der Waals surface area contributed by atoms with Gasteiger partial charge >= 0.3 is 7.12 Å². The molecule has 0 spiro atoms. The molecule has 0 unspecified atom stereocenters. The highest BCUT2D eigenvalue weighted by Crippen LogP contribution is 2.29. The zero-order valence-electron chi connectivity index (χ0n) is 15.8. The van der Waals surface area contributed by atoms with Crippen LogP contribution in [0.5, 0.6) is 0 Å². The van der Waals surface area contributed by atoms with Gasteiger partial charge in [0, 0.05) is 24.7 Å². The van der Waals surface area contributed by atoms with E-state index in [-0.39, 0.29) is 17.0 Å². The molecular weight excluding hydrogens is 322 g/mol. The monoisotopic (exact) mass is 348 g/mol. The number of aliphatic hydroxyl groups is 1. The summed E-state index contributed by atoms with van der Waals surface area (Å²) in [7, 11) is -0.590. The zero-order chi connectivity index (χ0) is 18.6. The summed E-state index contributed by atoms with van der Waals surface area (Å²) in [6.45, 7) is 12.5. The average molecular weight is 348 g/mol. The molecule has 0 aliphatic carbocycles. The van der Waals surface area contributed by atoms with E-state index in [2.05, 4.69) is 18.8 Å². The van der Waals surface area contributed by atoms with E-state index in [0.717, 1.165) is 0 Å². The number of hydrogen-bond donors (Lipinski definition) is 1. The number of halogens is 1. The first-order valence-corrected chi connectivity index (χ1v) is 8.67.